The van der Waals surface area contributed by atoms with Crippen molar-refractivity contribution in [3.8, 4) is 11.1 Å². The summed E-state index contributed by atoms with van der Waals surface area (Å²) in [6.07, 6.45) is 3.05. The Balaban J connectivity index is 1.27. The van der Waals surface area contributed by atoms with Crippen LogP contribution < -0.4 is 16.4 Å². The number of anilines is 2. The number of hydrogen-bond donors (Lipinski definition) is 3. The van der Waals surface area contributed by atoms with Gasteiger partial charge in [-0.25, -0.2) is 4.39 Å². The third-order valence-electron chi connectivity index (χ3n) is 6.79. The summed E-state index contributed by atoms with van der Waals surface area (Å²) in [6, 6.07) is 20.3. The van der Waals surface area contributed by atoms with E-state index in [-0.39, 0.29) is 36.6 Å². The molecule has 1 aliphatic rings. The maximum absolute atomic E-state index is 14.0. The molecule has 1 aliphatic heterocycles. The Labute approximate surface area is 241 Å². The number of aromatic nitrogens is 1. The highest BCUT2D eigenvalue weighted by Crippen LogP contribution is 2.27. The van der Waals surface area contributed by atoms with Crippen molar-refractivity contribution in [2.45, 2.75) is 25.5 Å². The number of nitrogens with one attached hydrogen (secondary N) is 2. The minimum Gasteiger partial charge on any atom is -0.460 e. The predicted octanol–water partition coefficient (Wildman–Crippen LogP) is 4.73. The van der Waals surface area contributed by atoms with Crippen molar-refractivity contribution in [2.75, 3.05) is 23.8 Å². The SMILES string of the molecule is NCc1ccc(C(=O)Nc2ccncc2F)cc1-c1cccc(C(=O)Nc2ccc(CC(=O)OC3CCOC3)cc2)c1. The van der Waals surface area contributed by atoms with Crippen LogP contribution in [0.15, 0.2) is 85.2 Å². The highest BCUT2D eigenvalue weighted by molar-refractivity contribution is 6.06. The van der Waals surface area contributed by atoms with Crippen LogP contribution in [-0.4, -0.2) is 42.1 Å². The van der Waals surface area contributed by atoms with Crippen molar-refractivity contribution in [2.24, 2.45) is 5.73 Å². The molecule has 1 fully saturated rings. The van der Waals surface area contributed by atoms with E-state index in [1.165, 1.54) is 12.3 Å². The number of ether oxygens (including phenoxy) is 2. The zero-order chi connectivity index (χ0) is 29.5. The first-order chi connectivity index (χ1) is 20.4. The van der Waals surface area contributed by atoms with Gasteiger partial charge in [0.25, 0.3) is 11.8 Å². The van der Waals surface area contributed by atoms with E-state index >= 15 is 0 Å². The van der Waals surface area contributed by atoms with E-state index in [0.29, 0.717) is 47.6 Å². The molecule has 214 valence electrons. The van der Waals surface area contributed by atoms with Crippen LogP contribution >= 0.6 is 0 Å². The first-order valence-corrected chi connectivity index (χ1v) is 13.4. The zero-order valence-electron chi connectivity index (χ0n) is 22.6. The molecule has 0 spiro atoms. The van der Waals surface area contributed by atoms with E-state index in [4.69, 9.17) is 15.2 Å². The monoisotopic (exact) mass is 568 g/mol. The topological polar surface area (TPSA) is 133 Å². The van der Waals surface area contributed by atoms with Gasteiger partial charge in [-0.05, 0) is 64.7 Å². The lowest BCUT2D eigenvalue weighted by atomic mass is 9.95. The normalized spacial score (nSPS) is 14.3. The molecule has 2 heterocycles. The van der Waals surface area contributed by atoms with Crippen molar-refractivity contribution in [1.29, 1.82) is 0 Å². The van der Waals surface area contributed by atoms with Gasteiger partial charge < -0.3 is 25.8 Å². The van der Waals surface area contributed by atoms with E-state index in [1.54, 1.807) is 60.7 Å². The molecule has 0 bridgehead atoms. The lowest BCUT2D eigenvalue weighted by Gasteiger charge is -2.13. The summed E-state index contributed by atoms with van der Waals surface area (Å²) in [5, 5.41) is 5.42. The van der Waals surface area contributed by atoms with Crippen molar-refractivity contribution >= 4 is 29.2 Å². The fraction of sp³-hybridized carbons (Fsp3) is 0.188. The number of pyridine rings is 1. The van der Waals surface area contributed by atoms with Crippen LogP contribution in [0.25, 0.3) is 11.1 Å². The number of hydrogen-bond acceptors (Lipinski definition) is 7. The molecule has 0 radical (unpaired) electrons. The van der Waals surface area contributed by atoms with Gasteiger partial charge in [-0.1, -0.05) is 30.3 Å². The Bertz CT molecular complexity index is 1600. The number of esters is 1. The molecular weight excluding hydrogens is 539 g/mol. The number of carbonyl (C=O) groups excluding carboxylic acids is 3. The highest BCUT2D eigenvalue weighted by Gasteiger charge is 2.20. The van der Waals surface area contributed by atoms with Crippen LogP contribution in [0, 0.1) is 5.82 Å². The maximum atomic E-state index is 14.0. The molecule has 4 aromatic rings. The van der Waals surface area contributed by atoms with E-state index in [2.05, 4.69) is 15.6 Å². The van der Waals surface area contributed by atoms with Gasteiger partial charge in [0, 0.05) is 36.0 Å². The van der Waals surface area contributed by atoms with Gasteiger partial charge in [-0.15, -0.1) is 0 Å². The quantitative estimate of drug-likeness (QED) is 0.249. The summed E-state index contributed by atoms with van der Waals surface area (Å²) in [4.78, 5) is 41.8. The third-order valence-corrected chi connectivity index (χ3v) is 6.79. The van der Waals surface area contributed by atoms with Gasteiger partial charge in [0.2, 0.25) is 0 Å². The van der Waals surface area contributed by atoms with Crippen LogP contribution in [-0.2, 0) is 27.2 Å². The molecule has 1 saturated heterocycles. The highest BCUT2D eigenvalue weighted by atomic mass is 19.1. The summed E-state index contributed by atoms with van der Waals surface area (Å²) in [7, 11) is 0. The fourth-order valence-corrected chi connectivity index (χ4v) is 4.57. The second-order valence-corrected chi connectivity index (χ2v) is 9.77. The molecule has 0 saturated carbocycles. The molecule has 42 heavy (non-hydrogen) atoms. The Hall–Kier alpha value is -4.93. The average Bonchev–Trinajstić information content (AvgIpc) is 3.52. The fourth-order valence-electron chi connectivity index (χ4n) is 4.57. The predicted molar refractivity (Wildman–Crippen MR) is 155 cm³/mol. The van der Waals surface area contributed by atoms with Crippen molar-refractivity contribution in [1.82, 2.24) is 4.98 Å². The maximum Gasteiger partial charge on any atom is 0.310 e. The van der Waals surface area contributed by atoms with Gasteiger partial charge in [0.1, 0.15) is 6.10 Å². The largest absolute Gasteiger partial charge is 0.460 e. The molecule has 1 atom stereocenters. The first kappa shape index (κ1) is 28.6. The van der Waals surface area contributed by atoms with Crippen molar-refractivity contribution in [3.05, 3.63) is 113 Å². The van der Waals surface area contributed by atoms with Gasteiger partial charge in [0.05, 0.1) is 31.5 Å². The molecular formula is C32H29FN4O5. The summed E-state index contributed by atoms with van der Waals surface area (Å²) in [5.41, 5.74) is 10.2. The minimum absolute atomic E-state index is 0.0188. The molecule has 9 nitrogen and oxygen atoms in total. The number of amides is 2. The Morgan fingerprint density at radius 1 is 0.976 bits per heavy atom. The van der Waals surface area contributed by atoms with Gasteiger partial charge in [-0.3, -0.25) is 19.4 Å². The molecule has 5 rings (SSSR count). The van der Waals surface area contributed by atoms with Crippen LogP contribution in [0.5, 0.6) is 0 Å². The summed E-state index contributed by atoms with van der Waals surface area (Å²) >= 11 is 0. The third kappa shape index (κ3) is 7.03. The number of halogens is 1. The molecule has 1 unspecified atom stereocenters. The Morgan fingerprint density at radius 3 is 2.50 bits per heavy atom. The van der Waals surface area contributed by atoms with Crippen LogP contribution in [0.1, 0.15) is 38.3 Å². The van der Waals surface area contributed by atoms with Crippen LogP contribution in [0.4, 0.5) is 15.8 Å². The van der Waals surface area contributed by atoms with E-state index in [9.17, 15) is 18.8 Å². The molecule has 3 aromatic carbocycles. The zero-order valence-corrected chi connectivity index (χ0v) is 22.6. The molecule has 4 N–H and O–H groups in total. The standard InChI is InChI=1S/C32H29FN4O5/c33-28-18-35-12-10-29(28)37-32(40)23-6-7-24(17-34)27(16-23)21-2-1-3-22(15-21)31(39)36-25-8-4-20(5-9-25)14-30(38)42-26-11-13-41-19-26/h1-10,12,15-16,18,26H,11,13-14,17,19,34H2,(H,36,39)(H,35,37,40). The van der Waals surface area contributed by atoms with Gasteiger partial charge in [-0.2, -0.15) is 0 Å². The second kappa shape index (κ2) is 13.2. The van der Waals surface area contributed by atoms with Gasteiger partial charge in [0.15, 0.2) is 5.82 Å². The molecule has 0 aliphatic carbocycles. The van der Waals surface area contributed by atoms with Crippen LogP contribution in [0.3, 0.4) is 0 Å². The number of nitrogens with two attached hydrogens (primary N) is 1. The molecule has 2 amide bonds. The van der Waals surface area contributed by atoms with E-state index < -0.39 is 11.7 Å². The minimum atomic E-state index is -0.643. The first-order valence-electron chi connectivity index (χ1n) is 13.4. The summed E-state index contributed by atoms with van der Waals surface area (Å²) in [5.74, 6) is -1.79. The smallest absolute Gasteiger partial charge is 0.310 e. The number of nitrogens with zero attached hydrogens (tertiary/aromatic N) is 1. The molecule has 1 aromatic heterocycles. The number of benzene rings is 3. The lowest BCUT2D eigenvalue weighted by Crippen LogP contribution is -2.19. The van der Waals surface area contributed by atoms with Crippen LogP contribution in [0.2, 0.25) is 0 Å². The number of carbonyl (C=O) groups is 3. The Morgan fingerprint density at radius 2 is 1.76 bits per heavy atom. The lowest BCUT2D eigenvalue weighted by molar-refractivity contribution is -0.148. The van der Waals surface area contributed by atoms with Crippen molar-refractivity contribution in [3.63, 3.8) is 0 Å². The van der Waals surface area contributed by atoms with Gasteiger partial charge >= 0.3 is 5.97 Å². The molecule has 10 heteroatoms. The summed E-state index contributed by atoms with van der Waals surface area (Å²) in [6.45, 7) is 1.24. The Kier molecular flexibility index (Phi) is 8.96. The second-order valence-electron chi connectivity index (χ2n) is 9.77. The number of rotatable bonds is 9. The van der Waals surface area contributed by atoms with Crippen molar-refractivity contribution < 1.29 is 28.2 Å². The summed E-state index contributed by atoms with van der Waals surface area (Å²) < 4.78 is 24.6. The van der Waals surface area contributed by atoms with E-state index in [1.807, 2.05) is 6.07 Å². The van der Waals surface area contributed by atoms with E-state index in [0.717, 1.165) is 17.3 Å². The average molecular weight is 569 g/mol.